The van der Waals surface area contributed by atoms with Gasteiger partial charge >= 0.3 is 6.09 Å². The summed E-state index contributed by atoms with van der Waals surface area (Å²) in [6, 6.07) is 25.3. The Morgan fingerprint density at radius 2 is 1.47 bits per heavy atom. The van der Waals surface area contributed by atoms with Crippen molar-refractivity contribution in [3.63, 3.8) is 0 Å². The lowest BCUT2D eigenvalue weighted by Crippen LogP contribution is -2.58. The topological polar surface area (TPSA) is 70.7 Å². The average Bonchev–Trinajstić information content (AvgIpc) is 3.20. The number of anilines is 1. The number of hydrogen-bond donors (Lipinski definition) is 2. The molecule has 6 nitrogen and oxygen atoms in total. The smallest absolute Gasteiger partial charge is 0.407 e. The van der Waals surface area contributed by atoms with E-state index in [1.807, 2.05) is 54.6 Å². The van der Waals surface area contributed by atoms with Crippen LogP contribution in [0.3, 0.4) is 0 Å². The predicted molar refractivity (Wildman–Crippen MR) is 147 cm³/mol. The van der Waals surface area contributed by atoms with Crippen LogP contribution in [0.4, 0.5) is 10.5 Å². The van der Waals surface area contributed by atoms with Crippen LogP contribution in [-0.2, 0) is 9.53 Å². The summed E-state index contributed by atoms with van der Waals surface area (Å²) >= 11 is 5.51. The summed E-state index contributed by atoms with van der Waals surface area (Å²) in [7, 11) is 1.72. The van der Waals surface area contributed by atoms with Crippen LogP contribution in [0.1, 0.15) is 37.8 Å². The lowest BCUT2D eigenvalue weighted by atomic mass is 9.98. The molecule has 0 radical (unpaired) electrons. The zero-order valence-corrected chi connectivity index (χ0v) is 21.8. The number of nitrogens with zero attached hydrogens (tertiary/aromatic N) is 1. The Labute approximate surface area is 217 Å². The summed E-state index contributed by atoms with van der Waals surface area (Å²) in [4.78, 5) is 27.7. The third-order valence-electron chi connectivity index (χ3n) is 6.49. The van der Waals surface area contributed by atoms with Crippen LogP contribution < -0.4 is 15.5 Å². The first-order chi connectivity index (χ1) is 17.2. The van der Waals surface area contributed by atoms with Gasteiger partial charge in [0.15, 0.2) is 0 Å². The molecule has 186 valence electrons. The molecule has 0 spiro atoms. The highest BCUT2D eigenvalue weighted by molar-refractivity contribution is 7.80. The van der Waals surface area contributed by atoms with Crippen molar-refractivity contribution >= 4 is 34.9 Å². The molecule has 0 bridgehead atoms. The Bertz CT molecular complexity index is 1230. The molecule has 0 aromatic heterocycles. The van der Waals surface area contributed by atoms with Gasteiger partial charge in [-0.1, -0.05) is 78.9 Å². The molecule has 1 aliphatic carbocycles. The highest BCUT2D eigenvalue weighted by Gasteiger charge is 2.33. The quantitative estimate of drug-likeness (QED) is 0.432. The number of thiocarbonyl (C=S) groups is 1. The number of carbonyl (C=O) groups is 2. The number of carbonyl (C=O) groups excluding carboxylic acids is 2. The summed E-state index contributed by atoms with van der Waals surface area (Å²) in [5, 5.41) is 5.89. The maximum Gasteiger partial charge on any atom is 0.407 e. The standard InChI is InChI=1S/C29H31N3O3S/c1-19(26(36)31-29(2,3)27(33)32(4)20-12-6-5-7-13-20)30-28(34)35-18-25-23-16-10-8-14-21(23)22-15-9-11-17-24(22)25/h5-17,19,25H,18H2,1-4H3,(H,30,34)(H,31,36)/t19-/m0/s1. The molecule has 3 aromatic carbocycles. The van der Waals surface area contributed by atoms with Gasteiger partial charge in [-0.3, -0.25) is 4.79 Å². The number of ether oxygens (including phenoxy) is 1. The molecule has 3 aromatic rings. The molecule has 1 atom stereocenters. The fourth-order valence-corrected chi connectivity index (χ4v) is 4.85. The van der Waals surface area contributed by atoms with E-state index < -0.39 is 17.7 Å². The molecule has 0 saturated carbocycles. The number of alkyl carbamates (subject to hydrolysis) is 1. The van der Waals surface area contributed by atoms with Gasteiger partial charge in [-0.05, 0) is 55.2 Å². The first-order valence-electron chi connectivity index (χ1n) is 12.0. The van der Waals surface area contributed by atoms with E-state index in [4.69, 9.17) is 17.0 Å². The van der Waals surface area contributed by atoms with Gasteiger partial charge in [-0.15, -0.1) is 0 Å². The Hall–Kier alpha value is -3.71. The van der Waals surface area contributed by atoms with Crippen LogP contribution in [0.15, 0.2) is 78.9 Å². The first-order valence-corrected chi connectivity index (χ1v) is 12.4. The summed E-state index contributed by atoms with van der Waals surface area (Å²) in [5.74, 6) is -0.169. The Kier molecular flexibility index (Phi) is 7.40. The molecular weight excluding hydrogens is 470 g/mol. The number of nitrogens with one attached hydrogen (secondary N) is 2. The highest BCUT2D eigenvalue weighted by Crippen LogP contribution is 2.44. The number of amides is 2. The van der Waals surface area contributed by atoms with Gasteiger partial charge in [-0.25, -0.2) is 4.79 Å². The van der Waals surface area contributed by atoms with Crippen molar-refractivity contribution in [2.45, 2.75) is 38.3 Å². The van der Waals surface area contributed by atoms with Crippen molar-refractivity contribution in [2.24, 2.45) is 0 Å². The highest BCUT2D eigenvalue weighted by atomic mass is 32.1. The van der Waals surface area contributed by atoms with Crippen molar-refractivity contribution in [3.8, 4) is 11.1 Å². The van der Waals surface area contributed by atoms with E-state index in [2.05, 4.69) is 34.9 Å². The number of hydrogen-bond acceptors (Lipinski definition) is 4. The van der Waals surface area contributed by atoms with Gasteiger partial charge in [0.1, 0.15) is 12.1 Å². The molecule has 2 amide bonds. The lowest BCUT2D eigenvalue weighted by molar-refractivity contribution is -0.122. The Morgan fingerprint density at radius 1 is 0.944 bits per heavy atom. The van der Waals surface area contributed by atoms with Crippen LogP contribution in [0, 0.1) is 0 Å². The normalized spacial score (nSPS) is 13.2. The van der Waals surface area contributed by atoms with E-state index in [1.54, 1.807) is 32.7 Å². The molecule has 7 heteroatoms. The molecule has 1 aliphatic rings. The summed E-state index contributed by atoms with van der Waals surface area (Å²) in [5.41, 5.74) is 4.47. The molecule has 36 heavy (non-hydrogen) atoms. The zero-order chi connectivity index (χ0) is 25.9. The number of benzene rings is 3. The largest absolute Gasteiger partial charge is 0.449 e. The van der Waals surface area contributed by atoms with Crippen LogP contribution in [-0.4, -0.2) is 42.2 Å². The SMILES string of the molecule is C[C@H](NC(=O)OCC1c2ccccc2-c2ccccc21)C(=S)NC(C)(C)C(=O)N(C)c1ccccc1. The van der Waals surface area contributed by atoms with Gasteiger partial charge in [0, 0.05) is 18.7 Å². The molecular formula is C29H31N3O3S. The number of para-hydroxylation sites is 1. The lowest BCUT2D eigenvalue weighted by Gasteiger charge is -2.32. The van der Waals surface area contributed by atoms with E-state index >= 15 is 0 Å². The van der Waals surface area contributed by atoms with E-state index in [-0.39, 0.29) is 18.4 Å². The zero-order valence-electron chi connectivity index (χ0n) is 20.9. The van der Waals surface area contributed by atoms with Crippen molar-refractivity contribution in [1.82, 2.24) is 10.6 Å². The third kappa shape index (κ3) is 5.26. The second-order valence-electron chi connectivity index (χ2n) is 9.51. The van der Waals surface area contributed by atoms with E-state index in [0.717, 1.165) is 16.8 Å². The summed E-state index contributed by atoms with van der Waals surface area (Å²) < 4.78 is 5.62. The van der Waals surface area contributed by atoms with Gasteiger partial charge in [-0.2, -0.15) is 0 Å². The van der Waals surface area contributed by atoms with E-state index in [1.165, 1.54) is 11.1 Å². The molecule has 4 rings (SSSR count). The second-order valence-corrected chi connectivity index (χ2v) is 9.95. The van der Waals surface area contributed by atoms with Crippen molar-refractivity contribution in [3.05, 3.63) is 90.0 Å². The number of likely N-dealkylation sites (N-methyl/N-ethyl adjacent to an activating group) is 1. The molecule has 0 fully saturated rings. The Morgan fingerprint density at radius 3 is 2.06 bits per heavy atom. The Balaban J connectivity index is 1.33. The van der Waals surface area contributed by atoms with Crippen LogP contribution >= 0.6 is 12.2 Å². The summed E-state index contributed by atoms with van der Waals surface area (Å²) in [6.07, 6.45) is -0.556. The fourth-order valence-electron chi connectivity index (χ4n) is 4.54. The number of rotatable bonds is 7. The van der Waals surface area contributed by atoms with E-state index in [9.17, 15) is 9.59 Å². The molecule has 0 heterocycles. The van der Waals surface area contributed by atoms with Gasteiger partial charge < -0.3 is 20.3 Å². The average molecular weight is 502 g/mol. The molecule has 2 N–H and O–H groups in total. The minimum atomic E-state index is -0.973. The van der Waals surface area contributed by atoms with Crippen molar-refractivity contribution < 1.29 is 14.3 Å². The van der Waals surface area contributed by atoms with E-state index in [0.29, 0.717) is 4.99 Å². The van der Waals surface area contributed by atoms with Crippen LogP contribution in [0.2, 0.25) is 0 Å². The summed E-state index contributed by atoms with van der Waals surface area (Å²) in [6.45, 7) is 5.51. The maximum atomic E-state index is 13.1. The molecule has 0 saturated heterocycles. The monoisotopic (exact) mass is 501 g/mol. The minimum Gasteiger partial charge on any atom is -0.449 e. The van der Waals surface area contributed by atoms with Gasteiger partial charge in [0.25, 0.3) is 5.91 Å². The van der Waals surface area contributed by atoms with Crippen LogP contribution in [0.25, 0.3) is 11.1 Å². The third-order valence-corrected chi connectivity index (χ3v) is 6.95. The second kappa shape index (κ2) is 10.5. The van der Waals surface area contributed by atoms with Gasteiger partial charge in [0.05, 0.1) is 11.0 Å². The molecule has 0 aliphatic heterocycles. The molecule has 0 unspecified atom stereocenters. The van der Waals surface area contributed by atoms with Crippen molar-refractivity contribution in [2.75, 3.05) is 18.6 Å². The maximum absolute atomic E-state index is 13.1. The predicted octanol–water partition coefficient (Wildman–Crippen LogP) is 5.27. The first kappa shape index (κ1) is 25.4. The minimum absolute atomic E-state index is 0.0198. The van der Waals surface area contributed by atoms with Crippen molar-refractivity contribution in [1.29, 1.82) is 0 Å². The number of fused-ring (bicyclic) bond motifs is 3. The van der Waals surface area contributed by atoms with Crippen LogP contribution in [0.5, 0.6) is 0 Å². The fraction of sp³-hybridized carbons (Fsp3) is 0.276. The van der Waals surface area contributed by atoms with Gasteiger partial charge in [0.2, 0.25) is 0 Å².